The van der Waals surface area contributed by atoms with Crippen molar-refractivity contribution in [1.29, 1.82) is 0 Å². The van der Waals surface area contributed by atoms with Gasteiger partial charge in [-0.05, 0) is 0 Å². The van der Waals surface area contributed by atoms with Crippen molar-refractivity contribution >= 4 is 31.2 Å². The highest BCUT2D eigenvalue weighted by atomic mass is 32.1. The SMILES string of the molecule is O=C1COCCN1C(S)CS. The van der Waals surface area contributed by atoms with E-state index in [-0.39, 0.29) is 17.9 Å². The molecule has 1 unspecified atom stereocenters. The first-order valence-electron chi connectivity index (χ1n) is 3.42. The highest BCUT2D eigenvalue weighted by molar-refractivity contribution is 7.84. The third-order valence-electron chi connectivity index (χ3n) is 1.55. The summed E-state index contributed by atoms with van der Waals surface area (Å²) < 4.78 is 4.96. The van der Waals surface area contributed by atoms with E-state index >= 15 is 0 Å². The Hall–Kier alpha value is 0.130. The van der Waals surface area contributed by atoms with E-state index in [9.17, 15) is 4.79 Å². The van der Waals surface area contributed by atoms with Gasteiger partial charge >= 0.3 is 0 Å². The van der Waals surface area contributed by atoms with Gasteiger partial charge in [-0.15, -0.1) is 0 Å². The van der Waals surface area contributed by atoms with E-state index < -0.39 is 0 Å². The molecule has 1 aliphatic heterocycles. The fourth-order valence-corrected chi connectivity index (χ4v) is 1.39. The number of thiol groups is 2. The van der Waals surface area contributed by atoms with Crippen LogP contribution in [0, 0.1) is 0 Å². The van der Waals surface area contributed by atoms with Crippen molar-refractivity contribution in [2.75, 3.05) is 25.5 Å². The molecule has 0 N–H and O–H groups in total. The van der Waals surface area contributed by atoms with E-state index in [4.69, 9.17) is 4.74 Å². The Morgan fingerprint density at radius 3 is 3.00 bits per heavy atom. The fraction of sp³-hybridized carbons (Fsp3) is 0.833. The van der Waals surface area contributed by atoms with Gasteiger partial charge in [-0.3, -0.25) is 4.79 Å². The summed E-state index contributed by atoms with van der Waals surface area (Å²) in [6.45, 7) is 1.43. The molecule has 1 atom stereocenters. The molecule has 5 heteroatoms. The maximum Gasteiger partial charge on any atom is 0.249 e. The number of carbonyl (C=O) groups excluding carboxylic acids is 1. The summed E-state index contributed by atoms with van der Waals surface area (Å²) in [6.07, 6.45) is 0. The van der Waals surface area contributed by atoms with Crippen LogP contribution in [0.15, 0.2) is 0 Å². The molecule has 1 amide bonds. The first-order valence-corrected chi connectivity index (χ1v) is 4.56. The Balaban J connectivity index is 2.47. The maximum atomic E-state index is 11.1. The topological polar surface area (TPSA) is 29.5 Å². The lowest BCUT2D eigenvalue weighted by atomic mass is 10.4. The Morgan fingerprint density at radius 1 is 1.73 bits per heavy atom. The Labute approximate surface area is 76.9 Å². The number of hydrogen-bond donors (Lipinski definition) is 2. The number of hydrogen-bond acceptors (Lipinski definition) is 4. The summed E-state index contributed by atoms with van der Waals surface area (Å²) in [4.78, 5) is 12.8. The van der Waals surface area contributed by atoms with E-state index in [1.165, 1.54) is 0 Å². The standard InChI is InChI=1S/C6H11NO2S2/c8-5-3-9-2-1-7(5)6(11)4-10/h6,10-11H,1-4H2. The van der Waals surface area contributed by atoms with Crippen LogP contribution in [0.5, 0.6) is 0 Å². The van der Waals surface area contributed by atoms with Gasteiger partial charge in [0, 0.05) is 12.3 Å². The lowest BCUT2D eigenvalue weighted by Crippen LogP contribution is -2.46. The number of morpholine rings is 1. The van der Waals surface area contributed by atoms with Crippen molar-refractivity contribution in [3.63, 3.8) is 0 Å². The van der Waals surface area contributed by atoms with Crippen LogP contribution in [0.3, 0.4) is 0 Å². The normalized spacial score (nSPS) is 22.0. The van der Waals surface area contributed by atoms with Gasteiger partial charge in [0.25, 0.3) is 0 Å². The van der Waals surface area contributed by atoms with Gasteiger partial charge in [-0.2, -0.15) is 25.3 Å². The average molecular weight is 193 g/mol. The van der Waals surface area contributed by atoms with Gasteiger partial charge < -0.3 is 9.64 Å². The number of rotatable bonds is 2. The van der Waals surface area contributed by atoms with Gasteiger partial charge in [0.2, 0.25) is 5.91 Å². The number of amides is 1. The summed E-state index contributed by atoms with van der Waals surface area (Å²) in [5.74, 6) is 0.583. The highest BCUT2D eigenvalue weighted by Crippen LogP contribution is 2.09. The molecule has 11 heavy (non-hydrogen) atoms. The molecule has 0 saturated carbocycles. The second kappa shape index (κ2) is 4.23. The molecule has 0 radical (unpaired) electrons. The van der Waals surface area contributed by atoms with Gasteiger partial charge in [-0.25, -0.2) is 0 Å². The Morgan fingerprint density at radius 2 is 2.45 bits per heavy atom. The molecule has 1 rings (SSSR count). The van der Waals surface area contributed by atoms with E-state index in [1.54, 1.807) is 4.90 Å². The number of carbonyl (C=O) groups is 1. The van der Waals surface area contributed by atoms with E-state index in [0.717, 1.165) is 0 Å². The largest absolute Gasteiger partial charge is 0.370 e. The van der Waals surface area contributed by atoms with E-state index in [1.807, 2.05) is 0 Å². The monoisotopic (exact) mass is 193 g/mol. The summed E-state index contributed by atoms with van der Waals surface area (Å²) in [5, 5.41) is -0.0743. The second-order valence-corrected chi connectivity index (χ2v) is 3.26. The molecule has 0 bridgehead atoms. The van der Waals surface area contributed by atoms with Crippen LogP contribution in [0.25, 0.3) is 0 Å². The third kappa shape index (κ3) is 2.28. The molecule has 3 nitrogen and oxygen atoms in total. The van der Waals surface area contributed by atoms with Crippen molar-refractivity contribution in [2.24, 2.45) is 0 Å². The minimum atomic E-state index is -0.0743. The number of ether oxygens (including phenoxy) is 1. The average Bonchev–Trinajstić information content (AvgIpc) is 2.04. The molecule has 0 aromatic heterocycles. The van der Waals surface area contributed by atoms with E-state index in [2.05, 4.69) is 25.3 Å². The Kier molecular flexibility index (Phi) is 3.54. The fourth-order valence-electron chi connectivity index (χ4n) is 0.944. The van der Waals surface area contributed by atoms with Crippen LogP contribution >= 0.6 is 25.3 Å². The zero-order valence-corrected chi connectivity index (χ0v) is 7.85. The number of nitrogens with zero attached hydrogens (tertiary/aromatic N) is 1. The summed E-state index contributed by atoms with van der Waals surface area (Å²) in [6, 6.07) is 0. The predicted molar refractivity (Wildman–Crippen MR) is 49.2 cm³/mol. The first kappa shape index (κ1) is 9.22. The molecule has 0 aliphatic carbocycles. The molecule has 1 aliphatic rings. The Bertz CT molecular complexity index is 154. The molecule has 1 saturated heterocycles. The lowest BCUT2D eigenvalue weighted by Gasteiger charge is -2.30. The molecule has 0 aromatic rings. The van der Waals surface area contributed by atoms with Crippen molar-refractivity contribution < 1.29 is 9.53 Å². The van der Waals surface area contributed by atoms with Gasteiger partial charge in [0.15, 0.2) is 0 Å². The van der Waals surface area contributed by atoms with Crippen LogP contribution in [0.4, 0.5) is 0 Å². The van der Waals surface area contributed by atoms with Gasteiger partial charge in [0.1, 0.15) is 6.61 Å². The van der Waals surface area contributed by atoms with Crippen LogP contribution in [-0.2, 0) is 9.53 Å². The molecule has 1 heterocycles. The zero-order chi connectivity index (χ0) is 8.27. The minimum absolute atomic E-state index is 0.00491. The molecular formula is C6H11NO2S2. The predicted octanol–water partition coefficient (Wildman–Crippen LogP) is 0.0309. The molecule has 1 fully saturated rings. The molecule has 0 spiro atoms. The van der Waals surface area contributed by atoms with Gasteiger partial charge in [-0.1, -0.05) is 0 Å². The lowest BCUT2D eigenvalue weighted by molar-refractivity contribution is -0.142. The molecular weight excluding hydrogens is 182 g/mol. The van der Waals surface area contributed by atoms with Crippen LogP contribution in [0.1, 0.15) is 0 Å². The van der Waals surface area contributed by atoms with Crippen molar-refractivity contribution in [3.05, 3.63) is 0 Å². The third-order valence-corrected chi connectivity index (χ3v) is 2.64. The summed E-state index contributed by atoms with van der Waals surface area (Å²) in [5.41, 5.74) is 0. The maximum absolute atomic E-state index is 11.1. The highest BCUT2D eigenvalue weighted by Gasteiger charge is 2.22. The van der Waals surface area contributed by atoms with Gasteiger partial charge in [0.05, 0.1) is 12.0 Å². The van der Waals surface area contributed by atoms with Crippen LogP contribution in [-0.4, -0.2) is 41.7 Å². The summed E-state index contributed by atoms with van der Waals surface area (Å²) in [7, 11) is 0. The minimum Gasteiger partial charge on any atom is -0.370 e. The molecule has 64 valence electrons. The zero-order valence-electron chi connectivity index (χ0n) is 6.06. The first-order chi connectivity index (χ1) is 5.25. The quantitative estimate of drug-likeness (QED) is 0.606. The van der Waals surface area contributed by atoms with Crippen LogP contribution in [0.2, 0.25) is 0 Å². The van der Waals surface area contributed by atoms with Crippen molar-refractivity contribution in [3.8, 4) is 0 Å². The summed E-state index contributed by atoms with van der Waals surface area (Å²) >= 11 is 8.26. The smallest absolute Gasteiger partial charge is 0.249 e. The van der Waals surface area contributed by atoms with Crippen LogP contribution < -0.4 is 0 Å². The van der Waals surface area contributed by atoms with E-state index in [0.29, 0.717) is 18.9 Å². The van der Waals surface area contributed by atoms with Crippen molar-refractivity contribution in [1.82, 2.24) is 4.90 Å². The molecule has 0 aromatic carbocycles. The van der Waals surface area contributed by atoms with Crippen molar-refractivity contribution in [2.45, 2.75) is 5.37 Å². The second-order valence-electron chi connectivity index (χ2n) is 2.30.